The average Bonchev–Trinajstić information content (AvgIpc) is 2.25. The Bertz CT molecular complexity index is 476. The van der Waals surface area contributed by atoms with Gasteiger partial charge in [0.25, 0.3) is 0 Å². The molecule has 0 unspecified atom stereocenters. The summed E-state index contributed by atoms with van der Waals surface area (Å²) in [7, 11) is -6.40. The van der Waals surface area contributed by atoms with Crippen LogP contribution in [0.15, 0.2) is 0 Å². The summed E-state index contributed by atoms with van der Waals surface area (Å²) in [5.41, 5.74) is 0. The average molecular weight is 372 g/mol. The molecule has 0 aromatic heterocycles. The topological polar surface area (TPSA) is 52.6 Å². The lowest BCUT2D eigenvalue weighted by molar-refractivity contribution is -0.456. The number of methoxy groups -OCH3 is 1. The molecule has 0 radical (unpaired) electrons. The van der Waals surface area contributed by atoms with Gasteiger partial charge in [-0.3, -0.25) is 0 Å². The van der Waals surface area contributed by atoms with Gasteiger partial charge in [-0.25, -0.2) is 4.74 Å². The third-order valence-corrected chi connectivity index (χ3v) is 3.02. The molecular weight excluding hydrogens is 363 g/mol. The van der Waals surface area contributed by atoms with Crippen molar-refractivity contribution < 1.29 is 56.9 Å². The summed E-state index contributed by atoms with van der Waals surface area (Å²) in [5, 5.41) is -6.79. The lowest BCUT2D eigenvalue weighted by Crippen LogP contribution is -2.55. The molecule has 0 atom stereocenters. The molecular formula is C8H9F9O4S. The Morgan fingerprint density at radius 3 is 1.73 bits per heavy atom. The SMILES string of the molecule is COCCCC(F)(F)C(F)(F)OC(F)(F)C(F)(F)S(=O)(=O)F. The minimum atomic E-state index is -7.41. The van der Waals surface area contributed by atoms with Crippen LogP contribution in [0.25, 0.3) is 0 Å². The van der Waals surface area contributed by atoms with Crippen molar-refractivity contribution >= 4 is 10.2 Å². The molecule has 0 spiro atoms. The molecule has 0 aliphatic carbocycles. The first kappa shape index (κ1) is 21.2. The molecule has 0 aromatic rings. The Kier molecular flexibility index (Phi) is 6.17. The second kappa shape index (κ2) is 6.39. The molecule has 4 nitrogen and oxygen atoms in total. The maximum absolute atomic E-state index is 13.0. The number of alkyl halides is 8. The van der Waals surface area contributed by atoms with Crippen LogP contribution in [0, 0.1) is 0 Å². The highest BCUT2D eigenvalue weighted by atomic mass is 32.3. The molecule has 0 amide bonds. The summed E-state index contributed by atoms with van der Waals surface area (Å²) in [6.45, 7) is -0.489. The van der Waals surface area contributed by atoms with Crippen LogP contribution >= 0.6 is 0 Å². The maximum atomic E-state index is 13.0. The van der Waals surface area contributed by atoms with E-state index in [4.69, 9.17) is 0 Å². The summed E-state index contributed by atoms with van der Waals surface area (Å²) in [6, 6.07) is 0. The van der Waals surface area contributed by atoms with Crippen molar-refractivity contribution in [3.05, 3.63) is 0 Å². The zero-order chi connectivity index (χ0) is 18.0. The molecule has 0 saturated carbocycles. The van der Waals surface area contributed by atoms with Gasteiger partial charge in [0.2, 0.25) is 0 Å². The smallest absolute Gasteiger partial charge is 0.385 e. The Labute approximate surface area is 118 Å². The van der Waals surface area contributed by atoms with E-state index in [1.807, 2.05) is 4.74 Å². The van der Waals surface area contributed by atoms with E-state index < -0.39 is 53.1 Å². The molecule has 0 bridgehead atoms. The van der Waals surface area contributed by atoms with Gasteiger partial charge in [0.1, 0.15) is 0 Å². The van der Waals surface area contributed by atoms with E-state index in [2.05, 4.69) is 4.74 Å². The molecule has 0 N–H and O–H groups in total. The first-order chi connectivity index (χ1) is 9.52. The van der Waals surface area contributed by atoms with Gasteiger partial charge in [0, 0.05) is 20.1 Å². The first-order valence-electron chi connectivity index (χ1n) is 5.16. The van der Waals surface area contributed by atoms with Gasteiger partial charge in [-0.2, -0.15) is 43.5 Å². The summed E-state index contributed by atoms with van der Waals surface area (Å²) >= 11 is 0. The minimum Gasteiger partial charge on any atom is -0.385 e. The molecule has 0 aliphatic rings. The van der Waals surface area contributed by atoms with Crippen LogP contribution in [-0.4, -0.2) is 45.5 Å². The molecule has 0 heterocycles. The molecule has 0 aliphatic heterocycles. The van der Waals surface area contributed by atoms with Crippen molar-refractivity contribution in [1.29, 1.82) is 0 Å². The summed E-state index contributed by atoms with van der Waals surface area (Å²) in [5.74, 6) is -5.37. The molecule has 22 heavy (non-hydrogen) atoms. The van der Waals surface area contributed by atoms with Gasteiger partial charge in [0.15, 0.2) is 0 Å². The largest absolute Gasteiger partial charge is 0.464 e. The Balaban J connectivity index is 5.33. The second-order valence-electron chi connectivity index (χ2n) is 3.89. The van der Waals surface area contributed by atoms with E-state index in [1.165, 1.54) is 0 Å². The van der Waals surface area contributed by atoms with Crippen LogP contribution in [0.5, 0.6) is 0 Å². The number of hydrogen-bond acceptors (Lipinski definition) is 4. The second-order valence-corrected chi connectivity index (χ2v) is 5.28. The number of ether oxygens (including phenoxy) is 2. The molecule has 14 heteroatoms. The van der Waals surface area contributed by atoms with Gasteiger partial charge in [-0.15, -0.1) is 0 Å². The predicted octanol–water partition coefficient (Wildman–Crippen LogP) is 3.14. The lowest BCUT2D eigenvalue weighted by atomic mass is 10.2. The fraction of sp³-hybridized carbons (Fsp3) is 1.00. The van der Waals surface area contributed by atoms with Crippen LogP contribution < -0.4 is 0 Å². The van der Waals surface area contributed by atoms with E-state index in [1.54, 1.807) is 0 Å². The zero-order valence-corrected chi connectivity index (χ0v) is 11.4. The van der Waals surface area contributed by atoms with E-state index in [0.717, 1.165) is 7.11 Å². The summed E-state index contributed by atoms with van der Waals surface area (Å²) in [4.78, 5) is 0. The Morgan fingerprint density at radius 2 is 1.36 bits per heavy atom. The number of halogens is 9. The number of rotatable bonds is 9. The van der Waals surface area contributed by atoms with E-state index in [9.17, 15) is 47.4 Å². The van der Waals surface area contributed by atoms with Gasteiger partial charge in [-0.05, 0) is 6.42 Å². The molecule has 134 valence electrons. The van der Waals surface area contributed by atoms with Crippen LogP contribution in [0.3, 0.4) is 0 Å². The molecule has 0 saturated heterocycles. The minimum absolute atomic E-state index is 0.489. The normalized spacial score (nSPS) is 15.2. The van der Waals surface area contributed by atoms with Crippen LogP contribution in [0.2, 0.25) is 0 Å². The quantitative estimate of drug-likeness (QED) is 0.355. The van der Waals surface area contributed by atoms with Gasteiger partial charge < -0.3 is 4.74 Å². The third-order valence-electron chi connectivity index (χ3n) is 2.17. The van der Waals surface area contributed by atoms with Crippen molar-refractivity contribution in [2.75, 3.05) is 13.7 Å². The van der Waals surface area contributed by atoms with E-state index in [0.29, 0.717) is 0 Å². The van der Waals surface area contributed by atoms with Crippen LogP contribution in [0.1, 0.15) is 12.8 Å². The van der Waals surface area contributed by atoms with E-state index >= 15 is 0 Å². The highest BCUT2D eigenvalue weighted by Crippen LogP contribution is 2.48. The Hall–Kier alpha value is -0.760. The highest BCUT2D eigenvalue weighted by molar-refractivity contribution is 7.87. The monoisotopic (exact) mass is 372 g/mol. The van der Waals surface area contributed by atoms with Crippen molar-refractivity contribution in [3.8, 4) is 0 Å². The summed E-state index contributed by atoms with van der Waals surface area (Å²) in [6.07, 6.45) is -15.5. The first-order valence-corrected chi connectivity index (χ1v) is 6.55. The molecule has 0 fully saturated rings. The van der Waals surface area contributed by atoms with Gasteiger partial charge in [0.05, 0.1) is 0 Å². The number of hydrogen-bond donors (Lipinski definition) is 0. The van der Waals surface area contributed by atoms with Crippen molar-refractivity contribution in [2.24, 2.45) is 0 Å². The van der Waals surface area contributed by atoms with Crippen molar-refractivity contribution in [3.63, 3.8) is 0 Å². The fourth-order valence-corrected chi connectivity index (χ4v) is 1.35. The van der Waals surface area contributed by atoms with Crippen molar-refractivity contribution in [1.82, 2.24) is 0 Å². The summed E-state index contributed by atoms with van der Waals surface area (Å²) < 4.78 is 140. The van der Waals surface area contributed by atoms with Gasteiger partial charge in [-0.1, -0.05) is 3.89 Å². The van der Waals surface area contributed by atoms with Crippen LogP contribution in [-0.2, 0) is 19.7 Å². The highest BCUT2D eigenvalue weighted by Gasteiger charge is 2.74. The van der Waals surface area contributed by atoms with Crippen molar-refractivity contribution in [2.45, 2.75) is 36.2 Å². The maximum Gasteiger partial charge on any atom is 0.464 e. The van der Waals surface area contributed by atoms with Crippen LogP contribution in [0.4, 0.5) is 39.0 Å². The third kappa shape index (κ3) is 4.38. The molecule has 0 aromatic carbocycles. The zero-order valence-electron chi connectivity index (χ0n) is 10.6. The Morgan fingerprint density at radius 1 is 0.909 bits per heavy atom. The standard InChI is InChI=1S/C8H9F9O4S/c1-20-4-2-3-5(9,10)6(11,12)21-7(13,14)8(15,16)22(17,18)19/h2-4H2,1H3. The fourth-order valence-electron chi connectivity index (χ4n) is 1.02. The van der Waals surface area contributed by atoms with Gasteiger partial charge >= 0.3 is 33.6 Å². The van der Waals surface area contributed by atoms with E-state index in [-0.39, 0.29) is 0 Å². The molecule has 0 rings (SSSR count). The lowest BCUT2D eigenvalue weighted by Gasteiger charge is -2.31. The predicted molar refractivity (Wildman–Crippen MR) is 52.0 cm³/mol.